The number of nitrogens with one attached hydrogen (secondary N) is 1. The number of halogens is 2. The molecule has 1 N–H and O–H groups in total. The Morgan fingerprint density at radius 2 is 1.87 bits per heavy atom. The molecule has 30 heavy (non-hydrogen) atoms. The normalized spacial score (nSPS) is 26.0. The first kappa shape index (κ1) is 18.5. The Bertz CT molecular complexity index is 1120. The summed E-state index contributed by atoms with van der Waals surface area (Å²) in [5, 5.41) is 2.99. The Balaban J connectivity index is 1.43. The van der Waals surface area contributed by atoms with Crippen LogP contribution in [0.4, 0.5) is 14.5 Å². The first-order valence-electron chi connectivity index (χ1n) is 9.64. The number of nitrogens with zero attached hydrogens (tertiary/aromatic N) is 1. The van der Waals surface area contributed by atoms with E-state index < -0.39 is 23.8 Å². The SMILES string of the molecule is CC1=CC(O/C=C2/C(=O)NC3c4ccccc4CC23)N(c2cc(F)cc(F)c2)C1=O. The Kier molecular flexibility index (Phi) is 4.20. The van der Waals surface area contributed by atoms with Crippen LogP contribution in [0.3, 0.4) is 0 Å². The van der Waals surface area contributed by atoms with Gasteiger partial charge in [0, 0.05) is 17.6 Å². The zero-order chi connectivity index (χ0) is 21.0. The van der Waals surface area contributed by atoms with Gasteiger partial charge in [0.05, 0.1) is 23.6 Å². The highest BCUT2D eigenvalue weighted by molar-refractivity contribution is 6.08. The molecule has 0 bridgehead atoms. The summed E-state index contributed by atoms with van der Waals surface area (Å²) in [6, 6.07) is 10.7. The van der Waals surface area contributed by atoms with Gasteiger partial charge in [-0.3, -0.25) is 14.5 Å². The molecule has 0 spiro atoms. The molecule has 2 aliphatic heterocycles. The minimum Gasteiger partial charge on any atom is -0.474 e. The highest BCUT2D eigenvalue weighted by Crippen LogP contribution is 2.44. The van der Waals surface area contributed by atoms with Gasteiger partial charge >= 0.3 is 0 Å². The third kappa shape index (κ3) is 2.89. The van der Waals surface area contributed by atoms with Gasteiger partial charge in [-0.05, 0) is 42.7 Å². The van der Waals surface area contributed by atoms with E-state index in [-0.39, 0.29) is 23.6 Å². The molecule has 2 heterocycles. The molecule has 0 radical (unpaired) electrons. The molecule has 3 atom stereocenters. The minimum absolute atomic E-state index is 0.0519. The zero-order valence-electron chi connectivity index (χ0n) is 16.1. The molecule has 1 fully saturated rings. The van der Waals surface area contributed by atoms with Crippen molar-refractivity contribution in [3.05, 3.63) is 88.7 Å². The predicted octanol–water partition coefficient (Wildman–Crippen LogP) is 3.53. The van der Waals surface area contributed by atoms with E-state index in [1.807, 2.05) is 24.3 Å². The molecule has 152 valence electrons. The second-order valence-electron chi connectivity index (χ2n) is 7.71. The lowest BCUT2D eigenvalue weighted by atomic mass is 9.97. The average Bonchev–Trinajstić information content (AvgIpc) is 3.29. The van der Waals surface area contributed by atoms with Crippen LogP contribution in [0.1, 0.15) is 24.1 Å². The smallest absolute Gasteiger partial charge is 0.257 e. The van der Waals surface area contributed by atoms with Crippen molar-refractivity contribution in [2.75, 3.05) is 4.90 Å². The van der Waals surface area contributed by atoms with Gasteiger partial charge in [-0.15, -0.1) is 0 Å². The van der Waals surface area contributed by atoms with Gasteiger partial charge in [-0.25, -0.2) is 8.78 Å². The molecule has 3 aliphatic rings. The maximum Gasteiger partial charge on any atom is 0.257 e. The van der Waals surface area contributed by atoms with Crippen LogP contribution in [-0.2, 0) is 20.7 Å². The van der Waals surface area contributed by atoms with Crippen LogP contribution in [0.2, 0.25) is 0 Å². The van der Waals surface area contributed by atoms with Gasteiger partial charge in [0.15, 0.2) is 6.23 Å². The van der Waals surface area contributed by atoms with Crippen LogP contribution in [0.25, 0.3) is 0 Å². The third-order valence-corrected chi connectivity index (χ3v) is 5.84. The lowest BCUT2D eigenvalue weighted by Crippen LogP contribution is -2.35. The first-order chi connectivity index (χ1) is 14.4. The van der Waals surface area contributed by atoms with E-state index in [0.717, 1.165) is 23.8 Å². The van der Waals surface area contributed by atoms with E-state index in [2.05, 4.69) is 5.32 Å². The molecule has 5 rings (SSSR count). The van der Waals surface area contributed by atoms with E-state index in [0.29, 0.717) is 17.6 Å². The summed E-state index contributed by atoms with van der Waals surface area (Å²) in [6.07, 6.45) is 2.76. The second-order valence-corrected chi connectivity index (χ2v) is 7.71. The lowest BCUT2D eigenvalue weighted by Gasteiger charge is -2.24. The molecule has 3 unspecified atom stereocenters. The number of fused-ring (bicyclic) bond motifs is 3. The molecule has 2 aromatic rings. The van der Waals surface area contributed by atoms with Gasteiger partial charge in [-0.2, -0.15) is 0 Å². The van der Waals surface area contributed by atoms with Gasteiger partial charge in [0.2, 0.25) is 0 Å². The van der Waals surface area contributed by atoms with Crippen LogP contribution >= 0.6 is 0 Å². The van der Waals surface area contributed by atoms with Crippen molar-refractivity contribution in [2.24, 2.45) is 5.92 Å². The summed E-state index contributed by atoms with van der Waals surface area (Å²) in [6.45, 7) is 1.60. The minimum atomic E-state index is -0.901. The van der Waals surface area contributed by atoms with Gasteiger partial charge < -0.3 is 10.1 Å². The van der Waals surface area contributed by atoms with Crippen molar-refractivity contribution in [3.8, 4) is 0 Å². The topological polar surface area (TPSA) is 58.6 Å². The second kappa shape index (κ2) is 6.79. The molecule has 0 aromatic heterocycles. The summed E-state index contributed by atoms with van der Waals surface area (Å²) in [5.41, 5.74) is 3.22. The van der Waals surface area contributed by atoms with Gasteiger partial charge in [0.25, 0.3) is 11.8 Å². The van der Waals surface area contributed by atoms with Gasteiger partial charge in [0.1, 0.15) is 11.6 Å². The van der Waals surface area contributed by atoms with Crippen molar-refractivity contribution in [2.45, 2.75) is 25.6 Å². The molecule has 2 amide bonds. The Labute approximate surface area is 171 Å². The summed E-state index contributed by atoms with van der Waals surface area (Å²) < 4.78 is 33.2. The molecular formula is C23H18F2N2O3. The molecule has 2 aromatic carbocycles. The van der Waals surface area contributed by atoms with E-state index >= 15 is 0 Å². The van der Waals surface area contributed by atoms with Gasteiger partial charge in [-0.1, -0.05) is 24.3 Å². The number of anilines is 1. The molecule has 7 heteroatoms. The van der Waals surface area contributed by atoms with E-state index in [1.165, 1.54) is 16.7 Å². The highest BCUT2D eigenvalue weighted by atomic mass is 19.1. The van der Waals surface area contributed by atoms with Crippen molar-refractivity contribution in [1.82, 2.24) is 5.32 Å². The lowest BCUT2D eigenvalue weighted by molar-refractivity contribution is -0.116. The standard InChI is InChI=1S/C23H18F2N2O3/c1-12-6-20(27(23(12)29)16-9-14(24)8-15(25)10-16)30-11-19-18-7-13-4-2-3-5-17(13)21(18)26-22(19)28/h2-6,8-11,18,20-21H,7H2,1H3,(H,26,28)/b19-11+. The molecule has 0 saturated carbocycles. The number of hydrogen-bond acceptors (Lipinski definition) is 3. The molecule has 1 saturated heterocycles. The fourth-order valence-electron chi connectivity index (χ4n) is 4.45. The Morgan fingerprint density at radius 1 is 1.13 bits per heavy atom. The van der Waals surface area contributed by atoms with Crippen molar-refractivity contribution < 1.29 is 23.1 Å². The fraction of sp³-hybridized carbons (Fsp3) is 0.217. The van der Waals surface area contributed by atoms with Crippen LogP contribution in [-0.4, -0.2) is 18.0 Å². The van der Waals surface area contributed by atoms with E-state index in [1.54, 1.807) is 13.0 Å². The fourth-order valence-corrected chi connectivity index (χ4v) is 4.45. The van der Waals surface area contributed by atoms with Crippen LogP contribution in [0.5, 0.6) is 0 Å². The van der Waals surface area contributed by atoms with E-state index in [4.69, 9.17) is 4.74 Å². The van der Waals surface area contributed by atoms with E-state index in [9.17, 15) is 18.4 Å². The van der Waals surface area contributed by atoms with Crippen molar-refractivity contribution in [3.63, 3.8) is 0 Å². The summed E-state index contributed by atoms with van der Waals surface area (Å²) in [4.78, 5) is 26.3. The summed E-state index contributed by atoms with van der Waals surface area (Å²) >= 11 is 0. The Morgan fingerprint density at radius 3 is 2.63 bits per heavy atom. The zero-order valence-corrected chi connectivity index (χ0v) is 16.1. The maximum absolute atomic E-state index is 13.7. The number of rotatable bonds is 3. The molecule has 1 aliphatic carbocycles. The maximum atomic E-state index is 13.7. The number of benzene rings is 2. The highest BCUT2D eigenvalue weighted by Gasteiger charge is 2.44. The van der Waals surface area contributed by atoms with Crippen LogP contribution in [0, 0.1) is 17.6 Å². The number of amides is 2. The van der Waals surface area contributed by atoms with Crippen LogP contribution < -0.4 is 10.2 Å². The number of ether oxygens (including phenoxy) is 1. The number of carbonyl (C=O) groups is 2. The predicted molar refractivity (Wildman–Crippen MR) is 105 cm³/mol. The first-order valence-corrected chi connectivity index (χ1v) is 9.64. The molecule has 5 nitrogen and oxygen atoms in total. The third-order valence-electron chi connectivity index (χ3n) is 5.84. The van der Waals surface area contributed by atoms with Crippen molar-refractivity contribution in [1.29, 1.82) is 0 Å². The summed E-state index contributed by atoms with van der Waals surface area (Å²) in [7, 11) is 0. The van der Waals surface area contributed by atoms with Crippen molar-refractivity contribution >= 4 is 17.5 Å². The average molecular weight is 408 g/mol. The largest absolute Gasteiger partial charge is 0.474 e. The quantitative estimate of drug-likeness (QED) is 0.625. The Hall–Kier alpha value is -3.48. The monoisotopic (exact) mass is 408 g/mol. The molecular weight excluding hydrogens is 390 g/mol. The summed E-state index contributed by atoms with van der Waals surface area (Å²) in [5.74, 6) is -2.27. The van der Waals surface area contributed by atoms with Crippen LogP contribution in [0.15, 0.2) is 65.9 Å². The number of hydrogen-bond donors (Lipinski definition) is 1. The number of carbonyl (C=O) groups excluding carboxylic acids is 2.